The fourth-order valence-corrected chi connectivity index (χ4v) is 2.28. The number of hydrogen-bond acceptors (Lipinski definition) is 3. The molecule has 2 amide bonds. The van der Waals surface area contributed by atoms with Crippen LogP contribution in [0.3, 0.4) is 0 Å². The van der Waals surface area contributed by atoms with Gasteiger partial charge < -0.3 is 16.0 Å². The normalized spacial score (nSPS) is 18.3. The minimum absolute atomic E-state index is 0.0210. The SMILES string of the molecule is CC(C)C(=O)Nc1cccc(NC(=O)[C@H]2CCCNC2)c1. The van der Waals surface area contributed by atoms with Crippen molar-refractivity contribution in [3.8, 4) is 0 Å². The Bertz CT molecular complexity index is 508. The summed E-state index contributed by atoms with van der Waals surface area (Å²) in [5.74, 6) is -0.0475. The summed E-state index contributed by atoms with van der Waals surface area (Å²) in [6.45, 7) is 5.41. The quantitative estimate of drug-likeness (QED) is 0.796. The Kier molecular flexibility index (Phi) is 5.33. The highest BCUT2D eigenvalue weighted by Gasteiger charge is 2.20. The van der Waals surface area contributed by atoms with Crippen LogP contribution in [0.15, 0.2) is 24.3 Å². The van der Waals surface area contributed by atoms with Crippen molar-refractivity contribution in [1.82, 2.24) is 5.32 Å². The zero-order chi connectivity index (χ0) is 15.2. The molecule has 1 aromatic rings. The molecule has 0 bridgehead atoms. The number of carbonyl (C=O) groups is 2. The van der Waals surface area contributed by atoms with Crippen LogP contribution in [0.2, 0.25) is 0 Å². The highest BCUT2D eigenvalue weighted by atomic mass is 16.2. The summed E-state index contributed by atoms with van der Waals surface area (Å²) in [4.78, 5) is 23.9. The lowest BCUT2D eigenvalue weighted by Gasteiger charge is -2.22. The average molecular weight is 289 g/mol. The predicted molar refractivity (Wildman–Crippen MR) is 84.1 cm³/mol. The molecule has 1 aliphatic heterocycles. The molecule has 114 valence electrons. The highest BCUT2D eigenvalue weighted by molar-refractivity contribution is 5.95. The number of carbonyl (C=O) groups excluding carboxylic acids is 2. The Morgan fingerprint density at radius 3 is 2.57 bits per heavy atom. The van der Waals surface area contributed by atoms with E-state index in [2.05, 4.69) is 16.0 Å². The minimum atomic E-state index is -0.0726. The zero-order valence-electron chi connectivity index (χ0n) is 12.6. The first kappa shape index (κ1) is 15.5. The molecule has 1 aliphatic rings. The van der Waals surface area contributed by atoms with Gasteiger partial charge in [-0.1, -0.05) is 19.9 Å². The van der Waals surface area contributed by atoms with Crippen LogP contribution in [0.25, 0.3) is 0 Å². The van der Waals surface area contributed by atoms with Crippen LogP contribution in [-0.2, 0) is 9.59 Å². The summed E-state index contributed by atoms with van der Waals surface area (Å²) in [5.41, 5.74) is 1.42. The summed E-state index contributed by atoms with van der Waals surface area (Å²) in [6, 6.07) is 7.26. The van der Waals surface area contributed by atoms with Gasteiger partial charge in [-0.15, -0.1) is 0 Å². The van der Waals surface area contributed by atoms with Gasteiger partial charge in [0.05, 0.1) is 5.92 Å². The topological polar surface area (TPSA) is 70.2 Å². The number of amides is 2. The van der Waals surface area contributed by atoms with Gasteiger partial charge in [-0.2, -0.15) is 0 Å². The second-order valence-corrected chi connectivity index (χ2v) is 5.76. The minimum Gasteiger partial charge on any atom is -0.326 e. The lowest BCUT2D eigenvalue weighted by atomic mass is 9.99. The van der Waals surface area contributed by atoms with E-state index in [0.717, 1.165) is 25.9 Å². The van der Waals surface area contributed by atoms with Gasteiger partial charge in [0.1, 0.15) is 0 Å². The summed E-state index contributed by atoms with van der Waals surface area (Å²) in [7, 11) is 0. The van der Waals surface area contributed by atoms with E-state index in [4.69, 9.17) is 0 Å². The molecular formula is C16H23N3O2. The number of hydrogen-bond donors (Lipinski definition) is 3. The van der Waals surface area contributed by atoms with Gasteiger partial charge in [-0.05, 0) is 37.6 Å². The fourth-order valence-electron chi connectivity index (χ4n) is 2.28. The standard InChI is InChI=1S/C16H23N3O2/c1-11(2)15(20)18-13-6-3-7-14(9-13)19-16(21)12-5-4-8-17-10-12/h3,6-7,9,11-12,17H,4-5,8,10H2,1-2H3,(H,18,20)(H,19,21)/t12-/m0/s1. The van der Waals surface area contributed by atoms with Gasteiger partial charge in [-0.25, -0.2) is 0 Å². The second-order valence-electron chi connectivity index (χ2n) is 5.76. The van der Waals surface area contributed by atoms with Crippen molar-refractivity contribution in [2.24, 2.45) is 11.8 Å². The van der Waals surface area contributed by atoms with E-state index in [1.807, 2.05) is 32.0 Å². The fraction of sp³-hybridized carbons (Fsp3) is 0.500. The van der Waals surface area contributed by atoms with Gasteiger partial charge >= 0.3 is 0 Å². The molecule has 1 heterocycles. The van der Waals surface area contributed by atoms with Gasteiger partial charge in [0.15, 0.2) is 0 Å². The van der Waals surface area contributed by atoms with Gasteiger partial charge in [-0.3, -0.25) is 9.59 Å². The number of nitrogens with one attached hydrogen (secondary N) is 3. The average Bonchev–Trinajstić information content (AvgIpc) is 2.48. The monoisotopic (exact) mass is 289 g/mol. The molecule has 0 aromatic heterocycles. The Morgan fingerprint density at radius 1 is 1.24 bits per heavy atom. The van der Waals surface area contributed by atoms with Crippen molar-refractivity contribution < 1.29 is 9.59 Å². The third-order valence-corrected chi connectivity index (χ3v) is 3.59. The van der Waals surface area contributed by atoms with E-state index in [9.17, 15) is 9.59 Å². The highest BCUT2D eigenvalue weighted by Crippen LogP contribution is 2.18. The number of anilines is 2. The third kappa shape index (κ3) is 4.56. The number of rotatable bonds is 4. The van der Waals surface area contributed by atoms with E-state index < -0.39 is 0 Å². The van der Waals surface area contributed by atoms with E-state index in [1.54, 1.807) is 6.07 Å². The molecule has 3 N–H and O–H groups in total. The maximum absolute atomic E-state index is 12.2. The molecule has 1 saturated heterocycles. The van der Waals surface area contributed by atoms with E-state index in [0.29, 0.717) is 11.4 Å². The molecule has 21 heavy (non-hydrogen) atoms. The lowest BCUT2D eigenvalue weighted by Crippen LogP contribution is -2.37. The summed E-state index contributed by atoms with van der Waals surface area (Å²) in [5, 5.41) is 8.99. The van der Waals surface area contributed by atoms with Gasteiger partial charge in [0.25, 0.3) is 0 Å². The van der Waals surface area contributed by atoms with Crippen LogP contribution in [0.4, 0.5) is 11.4 Å². The lowest BCUT2D eigenvalue weighted by molar-refractivity contribution is -0.120. The summed E-state index contributed by atoms with van der Waals surface area (Å²) < 4.78 is 0. The molecule has 0 saturated carbocycles. The Balaban J connectivity index is 1.97. The van der Waals surface area contributed by atoms with Crippen LogP contribution < -0.4 is 16.0 Å². The zero-order valence-corrected chi connectivity index (χ0v) is 12.6. The molecule has 1 fully saturated rings. The van der Waals surface area contributed by atoms with Crippen LogP contribution in [0, 0.1) is 11.8 Å². The number of piperidine rings is 1. The maximum atomic E-state index is 12.2. The van der Waals surface area contributed by atoms with E-state index >= 15 is 0 Å². The Labute approximate surface area is 125 Å². The molecule has 0 spiro atoms. The third-order valence-electron chi connectivity index (χ3n) is 3.59. The maximum Gasteiger partial charge on any atom is 0.228 e. The molecule has 5 nitrogen and oxygen atoms in total. The van der Waals surface area contributed by atoms with E-state index in [-0.39, 0.29) is 23.7 Å². The van der Waals surface area contributed by atoms with Gasteiger partial charge in [0.2, 0.25) is 11.8 Å². The van der Waals surface area contributed by atoms with Crippen molar-refractivity contribution in [3.63, 3.8) is 0 Å². The molecule has 0 aliphatic carbocycles. The predicted octanol–water partition coefficient (Wildman–Crippen LogP) is 2.22. The molecular weight excluding hydrogens is 266 g/mol. The van der Waals surface area contributed by atoms with Crippen molar-refractivity contribution in [3.05, 3.63) is 24.3 Å². The van der Waals surface area contributed by atoms with Crippen molar-refractivity contribution in [2.75, 3.05) is 23.7 Å². The number of benzene rings is 1. The molecule has 0 unspecified atom stereocenters. The van der Waals surface area contributed by atoms with Crippen molar-refractivity contribution >= 4 is 23.2 Å². The molecule has 2 rings (SSSR count). The van der Waals surface area contributed by atoms with E-state index in [1.165, 1.54) is 0 Å². The van der Waals surface area contributed by atoms with Crippen molar-refractivity contribution in [2.45, 2.75) is 26.7 Å². The molecule has 1 atom stereocenters. The summed E-state index contributed by atoms with van der Waals surface area (Å²) >= 11 is 0. The first-order valence-electron chi connectivity index (χ1n) is 7.49. The smallest absolute Gasteiger partial charge is 0.228 e. The summed E-state index contributed by atoms with van der Waals surface area (Å²) in [6.07, 6.45) is 1.95. The largest absolute Gasteiger partial charge is 0.326 e. The van der Waals surface area contributed by atoms with Gasteiger partial charge in [0, 0.05) is 23.8 Å². The van der Waals surface area contributed by atoms with Crippen LogP contribution >= 0.6 is 0 Å². The molecule has 1 aromatic carbocycles. The van der Waals surface area contributed by atoms with Crippen LogP contribution in [0.5, 0.6) is 0 Å². The van der Waals surface area contributed by atoms with Crippen molar-refractivity contribution in [1.29, 1.82) is 0 Å². The first-order chi connectivity index (χ1) is 10.1. The Morgan fingerprint density at radius 2 is 1.95 bits per heavy atom. The van der Waals surface area contributed by atoms with Crippen LogP contribution in [-0.4, -0.2) is 24.9 Å². The second kappa shape index (κ2) is 7.22. The molecule has 5 heteroatoms. The van der Waals surface area contributed by atoms with Crippen LogP contribution in [0.1, 0.15) is 26.7 Å². The first-order valence-corrected chi connectivity index (χ1v) is 7.49. The molecule has 0 radical (unpaired) electrons. The Hall–Kier alpha value is -1.88.